The van der Waals surface area contributed by atoms with Gasteiger partial charge in [-0.1, -0.05) is 23.2 Å². The lowest BCUT2D eigenvalue weighted by Crippen LogP contribution is -2.18. The minimum Gasteiger partial charge on any atom is -0.506 e. The fourth-order valence-corrected chi connectivity index (χ4v) is 1.87. The van der Waals surface area contributed by atoms with Gasteiger partial charge in [0.15, 0.2) is 0 Å². The SMILES string of the molecule is Cc1c(Cl)c(N)c(C(C)(C)O)c(O)c1Cl. The molecule has 0 heterocycles. The van der Waals surface area contributed by atoms with Gasteiger partial charge in [0.1, 0.15) is 5.75 Å². The van der Waals surface area contributed by atoms with E-state index in [1.54, 1.807) is 6.92 Å². The van der Waals surface area contributed by atoms with E-state index in [-0.39, 0.29) is 27.0 Å². The molecule has 0 atom stereocenters. The highest BCUT2D eigenvalue weighted by molar-refractivity contribution is 6.38. The average Bonchev–Trinajstić information content (AvgIpc) is 2.09. The normalized spacial score (nSPS) is 11.9. The molecule has 0 aromatic heterocycles. The maximum atomic E-state index is 9.83. The summed E-state index contributed by atoms with van der Waals surface area (Å²) < 4.78 is 0. The average molecular weight is 250 g/mol. The fraction of sp³-hybridized carbons (Fsp3) is 0.400. The number of rotatable bonds is 1. The van der Waals surface area contributed by atoms with Crippen LogP contribution in [0.15, 0.2) is 0 Å². The van der Waals surface area contributed by atoms with Crippen molar-refractivity contribution in [2.75, 3.05) is 5.73 Å². The summed E-state index contributed by atoms with van der Waals surface area (Å²) in [5.74, 6) is -0.219. The first-order valence-corrected chi connectivity index (χ1v) is 5.12. The van der Waals surface area contributed by atoms with Crippen LogP contribution in [0.5, 0.6) is 5.75 Å². The van der Waals surface area contributed by atoms with E-state index in [0.29, 0.717) is 5.56 Å². The van der Waals surface area contributed by atoms with Crippen LogP contribution in [0, 0.1) is 6.92 Å². The van der Waals surface area contributed by atoms with Crippen molar-refractivity contribution in [2.24, 2.45) is 0 Å². The Labute approximate surface area is 98.4 Å². The van der Waals surface area contributed by atoms with Gasteiger partial charge in [-0.3, -0.25) is 0 Å². The summed E-state index contributed by atoms with van der Waals surface area (Å²) in [6, 6.07) is 0. The van der Waals surface area contributed by atoms with Crippen LogP contribution in [0.25, 0.3) is 0 Å². The number of nitrogens with two attached hydrogens (primary N) is 1. The number of nitrogen functional groups attached to an aromatic ring is 1. The zero-order chi connectivity index (χ0) is 12.0. The van der Waals surface area contributed by atoms with Crippen LogP contribution in [0.4, 0.5) is 5.69 Å². The molecule has 5 heteroatoms. The van der Waals surface area contributed by atoms with E-state index in [2.05, 4.69) is 0 Å². The number of hydrogen-bond acceptors (Lipinski definition) is 3. The summed E-state index contributed by atoms with van der Waals surface area (Å²) in [7, 11) is 0. The van der Waals surface area contributed by atoms with Crippen LogP contribution < -0.4 is 5.73 Å². The molecule has 1 rings (SSSR count). The standard InChI is InChI=1S/C10H13Cl2NO2/c1-4-6(11)8(13)5(10(2,3)15)9(14)7(4)12/h14-15H,13H2,1-3H3. The highest BCUT2D eigenvalue weighted by Gasteiger charge is 2.28. The van der Waals surface area contributed by atoms with Crippen LogP contribution in [-0.4, -0.2) is 10.2 Å². The number of phenols is 1. The van der Waals surface area contributed by atoms with Gasteiger partial charge in [0.2, 0.25) is 0 Å². The topological polar surface area (TPSA) is 66.5 Å². The van der Waals surface area contributed by atoms with Crippen LogP contribution in [0.1, 0.15) is 25.0 Å². The third-order valence-electron chi connectivity index (χ3n) is 2.22. The summed E-state index contributed by atoms with van der Waals surface area (Å²) in [6.45, 7) is 4.65. The van der Waals surface area contributed by atoms with Gasteiger partial charge in [-0.25, -0.2) is 0 Å². The molecule has 0 spiro atoms. The smallest absolute Gasteiger partial charge is 0.142 e. The molecule has 1 aromatic carbocycles. The Morgan fingerprint density at radius 2 is 1.67 bits per heavy atom. The maximum absolute atomic E-state index is 9.83. The van der Waals surface area contributed by atoms with Crippen molar-refractivity contribution in [2.45, 2.75) is 26.4 Å². The molecule has 0 aliphatic rings. The lowest BCUT2D eigenvalue weighted by atomic mass is 9.94. The molecule has 0 bridgehead atoms. The van der Waals surface area contributed by atoms with Gasteiger partial charge in [0.05, 0.1) is 26.9 Å². The second-order valence-corrected chi connectivity index (χ2v) is 4.71. The number of halogens is 2. The molecule has 0 amide bonds. The predicted molar refractivity (Wildman–Crippen MR) is 62.5 cm³/mol. The van der Waals surface area contributed by atoms with Crippen molar-refractivity contribution in [1.29, 1.82) is 0 Å². The van der Waals surface area contributed by atoms with Gasteiger partial charge in [-0.15, -0.1) is 0 Å². The van der Waals surface area contributed by atoms with Crippen molar-refractivity contribution in [3.8, 4) is 5.75 Å². The third kappa shape index (κ3) is 2.00. The molecule has 3 nitrogen and oxygen atoms in total. The molecule has 0 saturated carbocycles. The number of aliphatic hydroxyl groups is 1. The van der Waals surface area contributed by atoms with E-state index in [0.717, 1.165) is 0 Å². The van der Waals surface area contributed by atoms with Crippen LogP contribution in [0.2, 0.25) is 10.0 Å². The zero-order valence-electron chi connectivity index (χ0n) is 8.73. The summed E-state index contributed by atoms with van der Waals surface area (Å²) in [6.07, 6.45) is 0. The van der Waals surface area contributed by atoms with Crippen LogP contribution >= 0.6 is 23.2 Å². The second-order valence-electron chi connectivity index (χ2n) is 3.95. The van der Waals surface area contributed by atoms with E-state index >= 15 is 0 Å². The number of benzene rings is 1. The molecule has 0 aliphatic heterocycles. The first-order valence-electron chi connectivity index (χ1n) is 4.36. The molecule has 0 aliphatic carbocycles. The maximum Gasteiger partial charge on any atom is 0.142 e. The summed E-state index contributed by atoms with van der Waals surface area (Å²) in [5, 5.41) is 20.0. The summed E-state index contributed by atoms with van der Waals surface area (Å²) >= 11 is 11.8. The minimum absolute atomic E-state index is 0.117. The van der Waals surface area contributed by atoms with Gasteiger partial charge in [-0.2, -0.15) is 0 Å². The molecule has 4 N–H and O–H groups in total. The van der Waals surface area contributed by atoms with Crippen LogP contribution in [0.3, 0.4) is 0 Å². The molecule has 0 unspecified atom stereocenters. The number of aromatic hydroxyl groups is 1. The monoisotopic (exact) mass is 249 g/mol. The largest absolute Gasteiger partial charge is 0.506 e. The molecule has 1 aromatic rings. The van der Waals surface area contributed by atoms with Gasteiger partial charge in [0.25, 0.3) is 0 Å². The lowest BCUT2D eigenvalue weighted by molar-refractivity contribution is 0.0767. The second kappa shape index (κ2) is 3.74. The van der Waals surface area contributed by atoms with E-state index in [9.17, 15) is 10.2 Å². The van der Waals surface area contributed by atoms with Crippen molar-refractivity contribution >= 4 is 28.9 Å². The zero-order valence-corrected chi connectivity index (χ0v) is 10.2. The molecule has 15 heavy (non-hydrogen) atoms. The van der Waals surface area contributed by atoms with E-state index < -0.39 is 5.60 Å². The van der Waals surface area contributed by atoms with Crippen molar-refractivity contribution in [3.63, 3.8) is 0 Å². The van der Waals surface area contributed by atoms with Gasteiger partial charge in [-0.05, 0) is 26.3 Å². The van der Waals surface area contributed by atoms with E-state index in [1.165, 1.54) is 13.8 Å². The highest BCUT2D eigenvalue weighted by atomic mass is 35.5. The van der Waals surface area contributed by atoms with E-state index in [1.807, 2.05) is 0 Å². The Morgan fingerprint density at radius 1 is 1.20 bits per heavy atom. The summed E-state index contributed by atoms with van der Waals surface area (Å²) in [5.41, 5.74) is 5.25. The molecule has 0 saturated heterocycles. The Balaban J connectivity index is 3.68. The molecule has 0 radical (unpaired) electrons. The van der Waals surface area contributed by atoms with Crippen molar-refractivity contribution in [3.05, 3.63) is 21.2 Å². The number of hydrogen-bond donors (Lipinski definition) is 3. The number of anilines is 1. The molecular weight excluding hydrogens is 237 g/mol. The quantitative estimate of drug-likeness (QED) is 0.671. The molecule has 84 valence electrons. The highest BCUT2D eigenvalue weighted by Crippen LogP contribution is 2.45. The third-order valence-corrected chi connectivity index (χ3v) is 3.17. The Morgan fingerprint density at radius 3 is 2.07 bits per heavy atom. The van der Waals surface area contributed by atoms with Crippen molar-refractivity contribution < 1.29 is 10.2 Å². The minimum atomic E-state index is -1.30. The first-order chi connectivity index (χ1) is 6.68. The molecular formula is C10H13Cl2NO2. The Hall–Kier alpha value is -0.640. The van der Waals surface area contributed by atoms with Crippen molar-refractivity contribution in [1.82, 2.24) is 0 Å². The molecule has 0 fully saturated rings. The van der Waals surface area contributed by atoms with Crippen LogP contribution in [-0.2, 0) is 5.60 Å². The predicted octanol–water partition coefficient (Wildman–Crippen LogP) is 2.82. The lowest BCUT2D eigenvalue weighted by Gasteiger charge is -2.23. The summed E-state index contributed by atoms with van der Waals surface area (Å²) in [4.78, 5) is 0. The Kier molecular flexibility index (Phi) is 3.10. The van der Waals surface area contributed by atoms with E-state index in [4.69, 9.17) is 28.9 Å². The first kappa shape index (κ1) is 12.4. The van der Waals surface area contributed by atoms with Gasteiger partial charge >= 0.3 is 0 Å². The van der Waals surface area contributed by atoms with Gasteiger partial charge < -0.3 is 15.9 Å². The fourth-order valence-electron chi connectivity index (χ4n) is 1.44. The Bertz CT molecular complexity index is 382. The van der Waals surface area contributed by atoms with Gasteiger partial charge in [0, 0.05) is 0 Å². The number of phenolic OH excluding ortho intramolecular Hbond substituents is 1.